The first-order valence-corrected chi connectivity index (χ1v) is 9.20. The fourth-order valence-electron chi connectivity index (χ4n) is 2.09. The van der Waals surface area contributed by atoms with E-state index in [0.29, 0.717) is 13.1 Å². The Morgan fingerprint density at radius 2 is 1.71 bits per heavy atom. The lowest BCUT2D eigenvalue weighted by atomic mass is 10.3. The van der Waals surface area contributed by atoms with Gasteiger partial charge in [-0.2, -0.15) is 0 Å². The predicted octanol–water partition coefficient (Wildman–Crippen LogP) is 3.15. The van der Waals surface area contributed by atoms with Gasteiger partial charge < -0.3 is 4.90 Å². The number of nitrogens with zero attached hydrogens (tertiary/aromatic N) is 1. The number of amides is 1. The van der Waals surface area contributed by atoms with Gasteiger partial charge in [-0.3, -0.25) is 4.79 Å². The average molecular weight is 332 g/mol. The molecule has 1 aromatic rings. The maximum absolute atomic E-state index is 12.2. The van der Waals surface area contributed by atoms with E-state index in [1.165, 1.54) is 12.1 Å². The van der Waals surface area contributed by atoms with Crippen molar-refractivity contribution >= 4 is 27.3 Å². The first kappa shape index (κ1) is 18.0. The highest BCUT2D eigenvalue weighted by Gasteiger charge is 2.21. The maximum atomic E-state index is 12.2. The van der Waals surface area contributed by atoms with E-state index < -0.39 is 9.84 Å². The lowest BCUT2D eigenvalue weighted by molar-refractivity contribution is -0.130. The van der Waals surface area contributed by atoms with Crippen LogP contribution in [0.1, 0.15) is 33.1 Å². The summed E-state index contributed by atoms with van der Waals surface area (Å²) in [6, 6.07) is 6.31. The Hall–Kier alpha value is -1.07. The van der Waals surface area contributed by atoms with Crippen LogP contribution < -0.4 is 0 Å². The van der Waals surface area contributed by atoms with E-state index in [2.05, 4.69) is 0 Å². The van der Waals surface area contributed by atoms with E-state index in [4.69, 9.17) is 11.6 Å². The standard InChI is InChI=1S/C15H22ClNO3S/c1-3-10-17(11-4-2)15(18)9-12-21(19,20)14-8-6-5-7-13(14)16/h5-8H,3-4,9-12H2,1-2H3. The number of benzene rings is 1. The van der Waals surface area contributed by atoms with E-state index >= 15 is 0 Å². The summed E-state index contributed by atoms with van der Waals surface area (Å²) in [5.74, 6) is -0.325. The van der Waals surface area contributed by atoms with Gasteiger partial charge in [0.15, 0.2) is 9.84 Å². The molecule has 0 aliphatic heterocycles. The average Bonchev–Trinajstić information content (AvgIpc) is 2.45. The Morgan fingerprint density at radius 3 is 2.24 bits per heavy atom. The van der Waals surface area contributed by atoms with Gasteiger partial charge in [-0.1, -0.05) is 37.6 Å². The highest BCUT2D eigenvalue weighted by Crippen LogP contribution is 2.22. The first-order chi connectivity index (χ1) is 9.92. The Balaban J connectivity index is 2.73. The molecule has 0 atom stereocenters. The second-order valence-electron chi connectivity index (χ2n) is 4.88. The first-order valence-electron chi connectivity index (χ1n) is 7.17. The van der Waals surface area contributed by atoms with Crippen molar-refractivity contribution in [3.63, 3.8) is 0 Å². The lowest BCUT2D eigenvalue weighted by Crippen LogP contribution is -2.33. The minimum absolute atomic E-state index is 0.00639. The molecule has 0 bridgehead atoms. The van der Waals surface area contributed by atoms with Crippen LogP contribution in [0.25, 0.3) is 0 Å². The summed E-state index contributed by atoms with van der Waals surface area (Å²) in [5, 5.41) is 0.198. The maximum Gasteiger partial charge on any atom is 0.223 e. The van der Waals surface area contributed by atoms with Crippen LogP contribution in [0, 0.1) is 0 Å². The molecule has 4 nitrogen and oxygen atoms in total. The largest absolute Gasteiger partial charge is 0.343 e. The molecule has 0 unspecified atom stereocenters. The third-order valence-corrected chi connectivity index (χ3v) is 5.31. The summed E-state index contributed by atoms with van der Waals surface area (Å²) in [5.41, 5.74) is 0. The number of halogens is 1. The molecule has 0 N–H and O–H groups in total. The third-order valence-electron chi connectivity index (χ3n) is 3.10. The highest BCUT2D eigenvalue weighted by atomic mass is 35.5. The van der Waals surface area contributed by atoms with Gasteiger partial charge in [-0.15, -0.1) is 0 Å². The third kappa shape index (κ3) is 5.32. The number of hydrogen-bond donors (Lipinski definition) is 0. The Kier molecular flexibility index (Phi) is 7.18. The van der Waals surface area contributed by atoms with Crippen LogP contribution >= 0.6 is 11.6 Å². The van der Waals surface area contributed by atoms with Gasteiger partial charge in [0.1, 0.15) is 0 Å². The molecule has 6 heteroatoms. The predicted molar refractivity (Wildman–Crippen MR) is 85.3 cm³/mol. The van der Waals surface area contributed by atoms with Gasteiger partial charge in [0.05, 0.1) is 15.7 Å². The fourth-order valence-corrected chi connectivity index (χ4v) is 3.89. The summed E-state index contributed by atoms with van der Waals surface area (Å²) in [6.45, 7) is 5.32. The van der Waals surface area contributed by atoms with E-state index in [0.717, 1.165) is 12.8 Å². The van der Waals surface area contributed by atoms with Crippen molar-refractivity contribution in [1.29, 1.82) is 0 Å². The van der Waals surface area contributed by atoms with Crippen molar-refractivity contribution in [2.45, 2.75) is 38.0 Å². The number of rotatable bonds is 8. The zero-order chi connectivity index (χ0) is 15.9. The van der Waals surface area contributed by atoms with Crippen molar-refractivity contribution in [3.8, 4) is 0 Å². The van der Waals surface area contributed by atoms with Gasteiger partial charge in [-0.25, -0.2) is 8.42 Å². The monoisotopic (exact) mass is 331 g/mol. The molecule has 0 fully saturated rings. The molecular weight excluding hydrogens is 310 g/mol. The van der Waals surface area contributed by atoms with Gasteiger partial charge in [0.25, 0.3) is 0 Å². The van der Waals surface area contributed by atoms with Crippen LogP contribution in [0.3, 0.4) is 0 Å². The summed E-state index contributed by atoms with van der Waals surface area (Å²) >= 11 is 5.91. The Labute approximate surface area is 132 Å². The summed E-state index contributed by atoms with van der Waals surface area (Å²) in [7, 11) is -3.53. The Morgan fingerprint density at radius 1 is 1.14 bits per heavy atom. The molecule has 0 spiro atoms. The van der Waals surface area contributed by atoms with Crippen LogP contribution in [0.15, 0.2) is 29.2 Å². The van der Waals surface area contributed by atoms with Gasteiger partial charge in [0.2, 0.25) is 5.91 Å². The molecular formula is C15H22ClNO3S. The summed E-state index contributed by atoms with van der Waals surface area (Å²) in [6.07, 6.45) is 1.72. The van der Waals surface area contributed by atoms with Crippen LogP contribution in [-0.4, -0.2) is 38.1 Å². The second-order valence-corrected chi connectivity index (χ2v) is 7.36. The van der Waals surface area contributed by atoms with Crippen molar-refractivity contribution < 1.29 is 13.2 Å². The molecule has 0 saturated heterocycles. The molecule has 0 saturated carbocycles. The van der Waals surface area contributed by atoms with Crippen molar-refractivity contribution in [3.05, 3.63) is 29.3 Å². The molecule has 1 rings (SSSR count). The number of carbonyl (C=O) groups excluding carboxylic acids is 1. The van der Waals surface area contributed by atoms with Gasteiger partial charge >= 0.3 is 0 Å². The van der Waals surface area contributed by atoms with Crippen molar-refractivity contribution in [2.75, 3.05) is 18.8 Å². The van der Waals surface area contributed by atoms with Crippen LogP contribution in [0.5, 0.6) is 0 Å². The van der Waals surface area contributed by atoms with E-state index in [-0.39, 0.29) is 28.0 Å². The topological polar surface area (TPSA) is 54.5 Å². The molecule has 21 heavy (non-hydrogen) atoms. The normalized spacial score (nSPS) is 11.4. The zero-order valence-corrected chi connectivity index (χ0v) is 14.1. The Bertz CT molecular complexity index is 566. The van der Waals surface area contributed by atoms with Crippen LogP contribution in [0.2, 0.25) is 5.02 Å². The molecule has 1 amide bonds. The number of sulfone groups is 1. The fraction of sp³-hybridized carbons (Fsp3) is 0.533. The molecule has 1 aromatic carbocycles. The quantitative estimate of drug-likeness (QED) is 0.735. The molecule has 0 aliphatic carbocycles. The van der Waals surface area contributed by atoms with Gasteiger partial charge in [-0.05, 0) is 25.0 Å². The van der Waals surface area contributed by atoms with E-state index in [1.807, 2.05) is 13.8 Å². The SMILES string of the molecule is CCCN(CCC)C(=O)CCS(=O)(=O)c1ccccc1Cl. The molecule has 118 valence electrons. The van der Waals surface area contributed by atoms with E-state index in [1.54, 1.807) is 17.0 Å². The minimum atomic E-state index is -3.53. The lowest BCUT2D eigenvalue weighted by Gasteiger charge is -2.21. The molecule has 0 aliphatic rings. The van der Waals surface area contributed by atoms with Crippen molar-refractivity contribution in [2.24, 2.45) is 0 Å². The van der Waals surface area contributed by atoms with Crippen molar-refractivity contribution in [1.82, 2.24) is 4.90 Å². The van der Waals surface area contributed by atoms with Crippen LogP contribution in [0.4, 0.5) is 0 Å². The van der Waals surface area contributed by atoms with E-state index in [9.17, 15) is 13.2 Å². The highest BCUT2D eigenvalue weighted by molar-refractivity contribution is 7.91. The molecule has 0 aromatic heterocycles. The molecule has 0 heterocycles. The minimum Gasteiger partial charge on any atom is -0.343 e. The summed E-state index contributed by atoms with van der Waals surface area (Å²) in [4.78, 5) is 13.9. The zero-order valence-electron chi connectivity index (χ0n) is 12.5. The number of carbonyl (C=O) groups is 1. The number of hydrogen-bond acceptors (Lipinski definition) is 3. The van der Waals surface area contributed by atoms with Crippen LogP contribution in [-0.2, 0) is 14.6 Å². The molecule has 0 radical (unpaired) electrons. The smallest absolute Gasteiger partial charge is 0.223 e. The summed E-state index contributed by atoms with van der Waals surface area (Å²) < 4.78 is 24.5. The second kappa shape index (κ2) is 8.39. The van der Waals surface area contributed by atoms with Gasteiger partial charge in [0, 0.05) is 19.5 Å².